The van der Waals surface area contributed by atoms with Crippen LogP contribution in [0.5, 0.6) is 0 Å². The van der Waals surface area contributed by atoms with Gasteiger partial charge in [0.2, 0.25) is 10.0 Å². The molecule has 0 saturated carbocycles. The van der Waals surface area contributed by atoms with Crippen molar-refractivity contribution >= 4 is 33.4 Å². The average Bonchev–Trinajstić information content (AvgIpc) is 2.64. The molecule has 0 spiro atoms. The zero-order chi connectivity index (χ0) is 19.7. The number of alkyl halides is 3. The Balaban J connectivity index is 1.76. The molecule has 1 fully saturated rings. The molecule has 5 nitrogen and oxygen atoms in total. The quantitative estimate of drug-likeness (QED) is 0.706. The summed E-state index contributed by atoms with van der Waals surface area (Å²) in [5, 5.41) is 0.382. The smallest absolute Gasteiger partial charge is 0.248 e. The summed E-state index contributed by atoms with van der Waals surface area (Å²) in [4.78, 5) is 7.90. The Morgan fingerprint density at radius 1 is 1.07 bits per heavy atom. The molecule has 2 aromatic rings. The fourth-order valence-electron chi connectivity index (χ4n) is 2.59. The molecule has 0 radical (unpaired) electrons. The standard InChI is InChI=1S/C16H15ClF3N3O2S2/c17-13-8-11(16(18,19)20)9-22-15(13)26-14-5-4-12(10-21-14)27(24,25)23-6-2-1-3-7-23/h4-5,8-10H,1-3,6-7H2. The molecule has 2 aromatic heterocycles. The minimum absolute atomic E-state index is 0.0835. The maximum atomic E-state index is 12.7. The molecule has 1 aliphatic rings. The summed E-state index contributed by atoms with van der Waals surface area (Å²) in [5.74, 6) is 0. The van der Waals surface area contributed by atoms with E-state index in [1.54, 1.807) is 0 Å². The van der Waals surface area contributed by atoms with Gasteiger partial charge in [-0.1, -0.05) is 18.0 Å². The average molecular weight is 438 g/mol. The molecule has 0 aromatic carbocycles. The van der Waals surface area contributed by atoms with Gasteiger partial charge in [-0.15, -0.1) is 0 Å². The number of pyridine rings is 2. The predicted molar refractivity (Wildman–Crippen MR) is 95.2 cm³/mol. The van der Waals surface area contributed by atoms with Crippen LogP contribution >= 0.6 is 23.4 Å². The van der Waals surface area contributed by atoms with Crippen LogP contribution in [0.4, 0.5) is 13.2 Å². The van der Waals surface area contributed by atoms with E-state index in [2.05, 4.69) is 9.97 Å². The first-order valence-electron chi connectivity index (χ1n) is 8.05. The van der Waals surface area contributed by atoms with E-state index in [0.29, 0.717) is 24.3 Å². The van der Waals surface area contributed by atoms with Crippen LogP contribution in [0.3, 0.4) is 0 Å². The maximum absolute atomic E-state index is 12.7. The molecule has 0 bridgehead atoms. The van der Waals surface area contributed by atoms with E-state index in [9.17, 15) is 21.6 Å². The van der Waals surface area contributed by atoms with Gasteiger partial charge in [0.1, 0.15) is 14.9 Å². The second kappa shape index (κ2) is 7.94. The SMILES string of the molecule is O=S(=O)(c1ccc(Sc2ncc(C(F)(F)F)cc2Cl)nc1)N1CCCCC1. The van der Waals surface area contributed by atoms with Gasteiger partial charge in [-0.25, -0.2) is 18.4 Å². The van der Waals surface area contributed by atoms with Crippen LogP contribution in [0.2, 0.25) is 5.02 Å². The lowest BCUT2D eigenvalue weighted by Gasteiger charge is -2.25. The Kier molecular flexibility index (Phi) is 5.99. The molecule has 0 atom stereocenters. The first-order chi connectivity index (χ1) is 12.7. The zero-order valence-electron chi connectivity index (χ0n) is 13.9. The lowest BCUT2D eigenvalue weighted by Crippen LogP contribution is -2.35. The number of rotatable bonds is 4. The van der Waals surface area contributed by atoms with Crippen LogP contribution in [-0.4, -0.2) is 35.8 Å². The van der Waals surface area contributed by atoms with E-state index in [0.717, 1.165) is 37.1 Å². The second-order valence-electron chi connectivity index (χ2n) is 5.91. The molecule has 0 aliphatic carbocycles. The summed E-state index contributed by atoms with van der Waals surface area (Å²) < 4.78 is 64.6. The molecular weight excluding hydrogens is 423 g/mol. The van der Waals surface area contributed by atoms with E-state index in [4.69, 9.17) is 11.6 Å². The topological polar surface area (TPSA) is 63.2 Å². The number of aromatic nitrogens is 2. The van der Waals surface area contributed by atoms with Gasteiger partial charge in [0.15, 0.2) is 0 Å². The van der Waals surface area contributed by atoms with Crippen molar-refractivity contribution in [1.29, 1.82) is 0 Å². The van der Waals surface area contributed by atoms with Crippen molar-refractivity contribution in [3.63, 3.8) is 0 Å². The van der Waals surface area contributed by atoms with Gasteiger partial charge in [-0.2, -0.15) is 17.5 Å². The highest BCUT2D eigenvalue weighted by Crippen LogP contribution is 2.35. The highest BCUT2D eigenvalue weighted by Gasteiger charge is 2.31. The first-order valence-corrected chi connectivity index (χ1v) is 10.7. The van der Waals surface area contributed by atoms with Crippen molar-refractivity contribution in [3.05, 3.63) is 41.2 Å². The van der Waals surface area contributed by atoms with E-state index >= 15 is 0 Å². The van der Waals surface area contributed by atoms with Crippen molar-refractivity contribution in [3.8, 4) is 0 Å². The number of hydrogen-bond acceptors (Lipinski definition) is 5. The van der Waals surface area contributed by atoms with Crippen LogP contribution < -0.4 is 0 Å². The molecule has 0 amide bonds. The highest BCUT2D eigenvalue weighted by atomic mass is 35.5. The molecule has 0 unspecified atom stereocenters. The Morgan fingerprint density at radius 3 is 2.33 bits per heavy atom. The van der Waals surface area contributed by atoms with Gasteiger partial charge in [0.25, 0.3) is 0 Å². The minimum atomic E-state index is -4.53. The van der Waals surface area contributed by atoms with Gasteiger partial charge >= 0.3 is 6.18 Å². The highest BCUT2D eigenvalue weighted by molar-refractivity contribution is 7.99. The molecule has 3 rings (SSSR count). The molecule has 27 heavy (non-hydrogen) atoms. The Labute approximate surface area is 164 Å². The summed E-state index contributed by atoms with van der Waals surface area (Å²) in [7, 11) is -3.59. The van der Waals surface area contributed by atoms with Gasteiger partial charge in [-0.05, 0) is 42.8 Å². The molecule has 1 aliphatic heterocycles. The molecule has 146 valence electrons. The minimum Gasteiger partial charge on any atom is -0.248 e. The number of halogens is 4. The van der Waals surface area contributed by atoms with Crippen molar-refractivity contribution in [2.45, 2.75) is 40.4 Å². The van der Waals surface area contributed by atoms with Crippen LogP contribution in [0, 0.1) is 0 Å². The Hall–Kier alpha value is -1.36. The summed E-state index contributed by atoms with van der Waals surface area (Å²) in [6.07, 6.45) is 0.0916. The largest absolute Gasteiger partial charge is 0.417 e. The van der Waals surface area contributed by atoms with Gasteiger partial charge in [0.05, 0.1) is 10.6 Å². The maximum Gasteiger partial charge on any atom is 0.417 e. The molecule has 1 saturated heterocycles. The molecule has 3 heterocycles. The number of piperidine rings is 1. The summed E-state index contributed by atoms with van der Waals surface area (Å²) >= 11 is 6.84. The van der Waals surface area contributed by atoms with Crippen LogP contribution in [0.15, 0.2) is 45.5 Å². The fourth-order valence-corrected chi connectivity index (χ4v) is 5.04. The number of nitrogens with zero attached hydrogens (tertiary/aromatic N) is 3. The second-order valence-corrected chi connectivity index (χ2v) is 9.26. The number of hydrogen-bond donors (Lipinski definition) is 0. The normalized spacial score (nSPS) is 16.4. The van der Waals surface area contributed by atoms with Crippen molar-refractivity contribution < 1.29 is 21.6 Å². The summed E-state index contributed by atoms with van der Waals surface area (Å²) in [5.41, 5.74) is -0.937. The van der Waals surface area contributed by atoms with E-state index < -0.39 is 21.8 Å². The van der Waals surface area contributed by atoms with Crippen molar-refractivity contribution in [1.82, 2.24) is 14.3 Å². The van der Waals surface area contributed by atoms with Crippen molar-refractivity contribution in [2.75, 3.05) is 13.1 Å². The monoisotopic (exact) mass is 437 g/mol. The first kappa shape index (κ1) is 20.4. The third-order valence-electron chi connectivity index (χ3n) is 4.00. The van der Waals surface area contributed by atoms with Gasteiger partial charge < -0.3 is 0 Å². The summed E-state index contributed by atoms with van der Waals surface area (Å²) in [6.45, 7) is 0.980. The van der Waals surface area contributed by atoms with Crippen LogP contribution in [-0.2, 0) is 16.2 Å². The lowest BCUT2D eigenvalue weighted by atomic mass is 10.2. The van der Waals surface area contributed by atoms with Crippen LogP contribution in [0.25, 0.3) is 0 Å². The van der Waals surface area contributed by atoms with Crippen molar-refractivity contribution in [2.24, 2.45) is 0 Å². The van der Waals surface area contributed by atoms with E-state index in [-0.39, 0.29) is 14.9 Å². The Morgan fingerprint density at radius 2 is 1.78 bits per heavy atom. The molecule has 0 N–H and O–H groups in total. The predicted octanol–water partition coefficient (Wildman–Crippen LogP) is 4.47. The van der Waals surface area contributed by atoms with Gasteiger partial charge in [-0.3, -0.25) is 0 Å². The lowest BCUT2D eigenvalue weighted by molar-refractivity contribution is -0.137. The molecular formula is C16H15ClF3N3O2S2. The third-order valence-corrected chi connectivity index (χ3v) is 7.25. The zero-order valence-corrected chi connectivity index (χ0v) is 16.3. The Bertz CT molecular complexity index is 915. The fraction of sp³-hybridized carbons (Fsp3) is 0.375. The van der Waals surface area contributed by atoms with Gasteiger partial charge in [0, 0.05) is 25.5 Å². The van der Waals surface area contributed by atoms with E-state index in [1.165, 1.54) is 22.6 Å². The van der Waals surface area contributed by atoms with Crippen LogP contribution in [0.1, 0.15) is 24.8 Å². The number of sulfonamides is 1. The third kappa shape index (κ3) is 4.74. The summed E-state index contributed by atoms with van der Waals surface area (Å²) in [6, 6.07) is 3.71. The molecule has 11 heteroatoms. The van der Waals surface area contributed by atoms with E-state index in [1.807, 2.05) is 0 Å².